The molecule has 8 heteroatoms. The molecule has 0 unspecified atom stereocenters. The van der Waals surface area contributed by atoms with Gasteiger partial charge in [-0.25, -0.2) is 4.79 Å². The van der Waals surface area contributed by atoms with Gasteiger partial charge >= 0.3 is 5.97 Å². The highest BCUT2D eigenvalue weighted by molar-refractivity contribution is 7.80. The molecule has 0 amide bonds. The number of benzene rings is 2. The molecular formula is C28H25N3O4S. The lowest BCUT2D eigenvalue weighted by atomic mass is 10.0. The second-order valence-corrected chi connectivity index (χ2v) is 8.76. The van der Waals surface area contributed by atoms with Crippen molar-refractivity contribution in [2.24, 2.45) is 0 Å². The molecule has 1 N–H and O–H groups in total. The summed E-state index contributed by atoms with van der Waals surface area (Å²) >= 11 is 5.77. The van der Waals surface area contributed by atoms with Crippen molar-refractivity contribution >= 4 is 23.3 Å². The fourth-order valence-electron chi connectivity index (χ4n) is 4.40. The van der Waals surface area contributed by atoms with Crippen molar-refractivity contribution in [1.29, 1.82) is 0 Å². The minimum absolute atomic E-state index is 0.197. The van der Waals surface area contributed by atoms with Crippen LogP contribution in [0.5, 0.6) is 5.75 Å². The van der Waals surface area contributed by atoms with Crippen LogP contribution >= 0.6 is 12.2 Å². The second-order valence-electron chi connectivity index (χ2n) is 8.38. The number of pyridine rings is 1. The molecule has 2 atom stereocenters. The van der Waals surface area contributed by atoms with Crippen LogP contribution in [0.1, 0.15) is 39.5 Å². The molecule has 4 aromatic rings. The summed E-state index contributed by atoms with van der Waals surface area (Å²) in [5.74, 6) is 1.80. The zero-order chi connectivity index (χ0) is 25.1. The first-order valence-electron chi connectivity index (χ1n) is 11.5. The average molecular weight is 500 g/mol. The minimum Gasteiger partial charge on any atom is -0.497 e. The highest BCUT2D eigenvalue weighted by Crippen LogP contribution is 2.41. The van der Waals surface area contributed by atoms with Crippen molar-refractivity contribution in [3.05, 3.63) is 108 Å². The third kappa shape index (κ3) is 4.67. The third-order valence-corrected chi connectivity index (χ3v) is 6.55. The molecule has 0 spiro atoms. The molecule has 2 aromatic carbocycles. The predicted octanol–water partition coefficient (Wildman–Crippen LogP) is 5.31. The Hall–Kier alpha value is -4.17. The van der Waals surface area contributed by atoms with E-state index in [0.29, 0.717) is 23.0 Å². The molecule has 7 nitrogen and oxygen atoms in total. The quantitative estimate of drug-likeness (QED) is 0.271. The maximum Gasteiger partial charge on any atom is 0.337 e. The number of thiocarbonyl (C=S) groups is 1. The number of hydrogen-bond donors (Lipinski definition) is 1. The lowest BCUT2D eigenvalue weighted by molar-refractivity contribution is 0.0601. The first-order valence-corrected chi connectivity index (χ1v) is 11.9. The summed E-state index contributed by atoms with van der Waals surface area (Å²) < 4.78 is 16.5. The molecule has 182 valence electrons. The fourth-order valence-corrected chi connectivity index (χ4v) is 4.70. The SMILES string of the molecule is COC(=O)c1cccc(-c2ccc([C@H]3[C@@H](c4ccccn4)NC(=S)N3Cc3ccc(OC)cc3)o2)c1. The Morgan fingerprint density at radius 3 is 2.61 bits per heavy atom. The van der Waals surface area contributed by atoms with Crippen LogP contribution in [0.2, 0.25) is 0 Å². The minimum atomic E-state index is -0.394. The van der Waals surface area contributed by atoms with Gasteiger partial charge in [0.25, 0.3) is 0 Å². The highest BCUT2D eigenvalue weighted by atomic mass is 32.1. The van der Waals surface area contributed by atoms with E-state index in [9.17, 15) is 4.79 Å². The number of furan rings is 1. The standard InChI is InChI=1S/C28H25N3O4S/c1-33-21-11-9-18(10-12-21)17-31-26(25(30-28(31)36)22-8-3-4-15-29-22)24-14-13-23(35-24)19-6-5-7-20(16-19)27(32)34-2/h3-16,25-26H,17H2,1-2H3,(H,30,36)/t25-,26+/m1/s1. The van der Waals surface area contributed by atoms with Crippen LogP contribution in [-0.2, 0) is 11.3 Å². The number of carbonyl (C=O) groups excluding carboxylic acids is 1. The number of rotatable bonds is 7. The van der Waals surface area contributed by atoms with Gasteiger partial charge in [-0.05, 0) is 66.3 Å². The molecule has 1 aliphatic rings. The van der Waals surface area contributed by atoms with Crippen LogP contribution in [0, 0.1) is 0 Å². The molecule has 0 saturated carbocycles. The monoisotopic (exact) mass is 499 g/mol. The Morgan fingerprint density at radius 2 is 1.89 bits per heavy atom. The summed E-state index contributed by atoms with van der Waals surface area (Å²) in [4.78, 5) is 18.7. The van der Waals surface area contributed by atoms with Crippen LogP contribution in [0.25, 0.3) is 11.3 Å². The van der Waals surface area contributed by atoms with Crippen LogP contribution in [0.3, 0.4) is 0 Å². The van der Waals surface area contributed by atoms with Crippen molar-refractivity contribution in [2.75, 3.05) is 14.2 Å². The number of carbonyl (C=O) groups is 1. The van der Waals surface area contributed by atoms with Crippen LogP contribution < -0.4 is 10.1 Å². The summed E-state index contributed by atoms with van der Waals surface area (Å²) in [5, 5.41) is 4.06. The van der Waals surface area contributed by atoms with E-state index < -0.39 is 5.97 Å². The maximum atomic E-state index is 12.0. The first-order chi connectivity index (χ1) is 17.6. The molecule has 1 fully saturated rings. The van der Waals surface area contributed by atoms with Crippen LogP contribution in [0.4, 0.5) is 0 Å². The smallest absolute Gasteiger partial charge is 0.337 e. The molecule has 3 heterocycles. The second kappa shape index (κ2) is 10.2. The molecule has 36 heavy (non-hydrogen) atoms. The first kappa shape index (κ1) is 23.6. The lowest BCUT2D eigenvalue weighted by Gasteiger charge is -2.26. The molecule has 1 aliphatic heterocycles. The Morgan fingerprint density at radius 1 is 1.06 bits per heavy atom. The van der Waals surface area contributed by atoms with E-state index in [1.807, 2.05) is 66.7 Å². The van der Waals surface area contributed by atoms with E-state index in [2.05, 4.69) is 15.2 Å². The predicted molar refractivity (Wildman–Crippen MR) is 139 cm³/mol. The van der Waals surface area contributed by atoms with Crippen molar-refractivity contribution in [2.45, 2.75) is 18.6 Å². The largest absolute Gasteiger partial charge is 0.497 e. The van der Waals surface area contributed by atoms with Gasteiger partial charge in [-0.15, -0.1) is 0 Å². The number of hydrogen-bond acceptors (Lipinski definition) is 6. The van der Waals surface area contributed by atoms with E-state index in [4.69, 9.17) is 26.1 Å². The Bertz CT molecular complexity index is 1370. The van der Waals surface area contributed by atoms with Crippen LogP contribution in [-0.4, -0.2) is 35.2 Å². The molecule has 0 aliphatic carbocycles. The topological polar surface area (TPSA) is 76.8 Å². The van der Waals surface area contributed by atoms with Gasteiger partial charge in [0, 0.05) is 18.3 Å². The van der Waals surface area contributed by atoms with Gasteiger partial charge in [-0.3, -0.25) is 4.98 Å². The van der Waals surface area contributed by atoms with Crippen molar-refractivity contribution < 1.29 is 18.7 Å². The van der Waals surface area contributed by atoms with E-state index in [1.54, 1.807) is 25.4 Å². The summed E-state index contributed by atoms with van der Waals surface area (Å²) in [6.45, 7) is 0.581. The highest BCUT2D eigenvalue weighted by Gasteiger charge is 2.41. The number of nitrogens with zero attached hydrogens (tertiary/aromatic N) is 2. The molecular weight excluding hydrogens is 474 g/mol. The molecule has 5 rings (SSSR count). The lowest BCUT2D eigenvalue weighted by Crippen LogP contribution is -2.29. The number of methoxy groups -OCH3 is 2. The number of esters is 1. The van der Waals surface area contributed by atoms with Gasteiger partial charge in [0.05, 0.1) is 31.5 Å². The summed E-state index contributed by atoms with van der Waals surface area (Å²) in [7, 11) is 3.02. The van der Waals surface area contributed by atoms with Gasteiger partial charge in [0.1, 0.15) is 23.3 Å². The molecule has 2 aromatic heterocycles. The zero-order valence-corrected chi connectivity index (χ0v) is 20.7. The van der Waals surface area contributed by atoms with Gasteiger partial charge in [-0.2, -0.15) is 0 Å². The van der Waals surface area contributed by atoms with Crippen LogP contribution in [0.15, 0.2) is 89.5 Å². The normalized spacial score (nSPS) is 17.1. The summed E-state index contributed by atoms with van der Waals surface area (Å²) in [6, 6.07) is 24.4. The number of ether oxygens (including phenoxy) is 2. The van der Waals surface area contributed by atoms with Crippen molar-refractivity contribution in [1.82, 2.24) is 15.2 Å². The summed E-state index contributed by atoms with van der Waals surface area (Å²) in [6.07, 6.45) is 1.77. The van der Waals surface area contributed by atoms with E-state index in [0.717, 1.165) is 28.3 Å². The molecule has 1 saturated heterocycles. The Balaban J connectivity index is 1.51. The van der Waals surface area contributed by atoms with Crippen molar-refractivity contribution in [3.8, 4) is 17.1 Å². The molecule has 0 bridgehead atoms. The Kier molecular flexibility index (Phi) is 6.69. The Labute approximate surface area is 214 Å². The van der Waals surface area contributed by atoms with Gasteiger partial charge in [0.15, 0.2) is 5.11 Å². The average Bonchev–Trinajstić information content (AvgIpc) is 3.54. The van der Waals surface area contributed by atoms with Gasteiger partial charge in [-0.1, -0.05) is 30.3 Å². The molecule has 0 radical (unpaired) electrons. The van der Waals surface area contributed by atoms with Gasteiger partial charge < -0.3 is 24.1 Å². The maximum absolute atomic E-state index is 12.0. The number of aromatic nitrogens is 1. The summed E-state index contributed by atoms with van der Waals surface area (Å²) in [5.41, 5.74) is 3.20. The zero-order valence-electron chi connectivity index (χ0n) is 19.9. The van der Waals surface area contributed by atoms with Crippen molar-refractivity contribution in [3.63, 3.8) is 0 Å². The van der Waals surface area contributed by atoms with Gasteiger partial charge in [0.2, 0.25) is 0 Å². The number of nitrogens with one attached hydrogen (secondary N) is 1. The van der Waals surface area contributed by atoms with E-state index >= 15 is 0 Å². The fraction of sp³-hybridized carbons (Fsp3) is 0.179. The third-order valence-electron chi connectivity index (χ3n) is 6.20. The van der Waals surface area contributed by atoms with E-state index in [1.165, 1.54) is 7.11 Å². The van der Waals surface area contributed by atoms with E-state index in [-0.39, 0.29) is 12.1 Å².